The van der Waals surface area contributed by atoms with Gasteiger partial charge in [0.2, 0.25) is 5.95 Å². The fraction of sp³-hybridized carbons (Fsp3) is 0. The van der Waals surface area contributed by atoms with Crippen molar-refractivity contribution in [3.05, 3.63) is 51.5 Å². The summed E-state index contributed by atoms with van der Waals surface area (Å²) in [4.78, 5) is 7.52. The number of hydrogen-bond acceptors (Lipinski definition) is 2. The first-order valence-electron chi connectivity index (χ1n) is 5.50. The highest BCUT2D eigenvalue weighted by molar-refractivity contribution is 6.43. The molecule has 0 unspecified atom stereocenters. The van der Waals surface area contributed by atoms with Gasteiger partial charge in [0.15, 0.2) is 0 Å². The van der Waals surface area contributed by atoms with Crippen molar-refractivity contribution < 1.29 is 0 Å². The van der Waals surface area contributed by atoms with Crippen molar-refractivity contribution in [2.75, 3.05) is 5.32 Å². The predicted octanol–water partition coefficient (Wildman–Crippen LogP) is 5.27. The number of fused-ring (bicyclic) bond motifs is 1. The summed E-state index contributed by atoms with van der Waals surface area (Å²) in [6.07, 6.45) is 0. The van der Waals surface area contributed by atoms with E-state index in [0.717, 1.165) is 11.0 Å². The normalized spacial score (nSPS) is 10.9. The number of nitrogens with one attached hydrogen (secondary N) is 2. The first-order valence-corrected chi connectivity index (χ1v) is 6.63. The number of rotatable bonds is 2. The molecule has 0 aliphatic carbocycles. The van der Waals surface area contributed by atoms with Crippen molar-refractivity contribution in [3.8, 4) is 0 Å². The Labute approximate surface area is 124 Å². The Bertz CT molecular complexity index is 752. The maximum atomic E-state index is 6.11. The molecule has 0 bridgehead atoms. The van der Waals surface area contributed by atoms with Crippen LogP contribution in [0.5, 0.6) is 0 Å². The molecule has 0 aliphatic rings. The third-order valence-electron chi connectivity index (χ3n) is 2.65. The number of aromatic nitrogens is 2. The zero-order valence-electron chi connectivity index (χ0n) is 9.55. The molecule has 0 radical (unpaired) electrons. The van der Waals surface area contributed by atoms with E-state index >= 15 is 0 Å². The maximum Gasteiger partial charge on any atom is 0.205 e. The molecule has 6 heteroatoms. The van der Waals surface area contributed by atoms with E-state index in [4.69, 9.17) is 34.8 Å². The Morgan fingerprint density at radius 3 is 2.74 bits per heavy atom. The summed E-state index contributed by atoms with van der Waals surface area (Å²) >= 11 is 18.0. The fourth-order valence-electron chi connectivity index (χ4n) is 1.77. The SMILES string of the molecule is Clc1ccc2nc(Nc3cccc(Cl)c3Cl)[nH]c2c1. The topological polar surface area (TPSA) is 40.7 Å². The maximum absolute atomic E-state index is 6.11. The lowest BCUT2D eigenvalue weighted by molar-refractivity contribution is 1.31. The van der Waals surface area contributed by atoms with Crippen LogP contribution >= 0.6 is 34.8 Å². The van der Waals surface area contributed by atoms with Crippen LogP contribution < -0.4 is 5.32 Å². The molecule has 3 rings (SSSR count). The summed E-state index contributed by atoms with van der Waals surface area (Å²) in [5.74, 6) is 0.585. The predicted molar refractivity (Wildman–Crippen MR) is 80.8 cm³/mol. The van der Waals surface area contributed by atoms with Gasteiger partial charge in [0.25, 0.3) is 0 Å². The summed E-state index contributed by atoms with van der Waals surface area (Å²) in [5, 5.41) is 4.70. The van der Waals surface area contributed by atoms with E-state index in [0.29, 0.717) is 26.7 Å². The second-order valence-electron chi connectivity index (χ2n) is 3.97. The second-order valence-corrected chi connectivity index (χ2v) is 5.19. The van der Waals surface area contributed by atoms with Gasteiger partial charge < -0.3 is 10.3 Å². The molecule has 1 heterocycles. The van der Waals surface area contributed by atoms with E-state index in [1.807, 2.05) is 24.3 Å². The number of halogens is 3. The highest BCUT2D eigenvalue weighted by Crippen LogP contribution is 2.31. The van der Waals surface area contributed by atoms with E-state index in [9.17, 15) is 0 Å². The average Bonchev–Trinajstić information content (AvgIpc) is 2.76. The Kier molecular flexibility index (Phi) is 3.27. The number of imidazole rings is 1. The number of benzene rings is 2. The van der Waals surface area contributed by atoms with Crippen molar-refractivity contribution in [2.45, 2.75) is 0 Å². The molecule has 0 saturated carbocycles. The van der Waals surface area contributed by atoms with Crippen LogP contribution in [0.3, 0.4) is 0 Å². The largest absolute Gasteiger partial charge is 0.324 e. The molecule has 0 saturated heterocycles. The van der Waals surface area contributed by atoms with Gasteiger partial charge in [-0.25, -0.2) is 4.98 Å². The summed E-state index contributed by atoms with van der Waals surface area (Å²) in [5.41, 5.74) is 2.37. The van der Waals surface area contributed by atoms with Gasteiger partial charge >= 0.3 is 0 Å². The zero-order valence-corrected chi connectivity index (χ0v) is 11.8. The summed E-state index contributed by atoms with van der Waals surface area (Å²) < 4.78 is 0. The Hall–Kier alpha value is -1.42. The van der Waals surface area contributed by atoms with Gasteiger partial charge in [-0.15, -0.1) is 0 Å². The van der Waals surface area contributed by atoms with E-state index in [-0.39, 0.29) is 0 Å². The molecular formula is C13H8Cl3N3. The number of aromatic amines is 1. The van der Waals surface area contributed by atoms with Crippen molar-refractivity contribution in [1.82, 2.24) is 9.97 Å². The van der Waals surface area contributed by atoms with Crippen LogP contribution in [0.2, 0.25) is 15.1 Å². The number of H-pyrrole nitrogens is 1. The van der Waals surface area contributed by atoms with Crippen LogP contribution in [-0.4, -0.2) is 9.97 Å². The van der Waals surface area contributed by atoms with Crippen molar-refractivity contribution >= 4 is 57.5 Å². The van der Waals surface area contributed by atoms with Gasteiger partial charge in [-0.2, -0.15) is 0 Å². The minimum absolute atomic E-state index is 0.461. The third kappa shape index (κ3) is 2.50. The minimum Gasteiger partial charge on any atom is -0.324 e. The first-order chi connectivity index (χ1) is 9.13. The molecule has 0 aliphatic heterocycles. The van der Waals surface area contributed by atoms with Gasteiger partial charge in [0.1, 0.15) is 0 Å². The van der Waals surface area contributed by atoms with Crippen LogP contribution in [0.1, 0.15) is 0 Å². The molecule has 3 nitrogen and oxygen atoms in total. The van der Waals surface area contributed by atoms with Crippen LogP contribution in [-0.2, 0) is 0 Å². The molecule has 19 heavy (non-hydrogen) atoms. The number of nitrogens with zero attached hydrogens (tertiary/aromatic N) is 1. The smallest absolute Gasteiger partial charge is 0.205 e. The van der Waals surface area contributed by atoms with Crippen LogP contribution in [0.15, 0.2) is 36.4 Å². The van der Waals surface area contributed by atoms with Crippen LogP contribution in [0, 0.1) is 0 Å². The molecule has 0 amide bonds. The molecule has 0 fully saturated rings. The van der Waals surface area contributed by atoms with E-state index in [2.05, 4.69) is 15.3 Å². The summed E-state index contributed by atoms with van der Waals surface area (Å²) in [7, 11) is 0. The second kappa shape index (κ2) is 4.93. The Balaban J connectivity index is 1.99. The standard InChI is InChI=1S/C13H8Cl3N3/c14-7-4-5-9-11(6-7)19-13(17-9)18-10-3-1-2-8(15)12(10)16/h1-6H,(H2,17,18,19). The number of hydrogen-bond donors (Lipinski definition) is 2. The molecule has 1 aromatic heterocycles. The van der Waals surface area contributed by atoms with Gasteiger partial charge in [0, 0.05) is 5.02 Å². The highest BCUT2D eigenvalue weighted by Gasteiger charge is 2.07. The molecule has 2 N–H and O–H groups in total. The lowest BCUT2D eigenvalue weighted by Gasteiger charge is -2.05. The first kappa shape index (κ1) is 12.6. The summed E-state index contributed by atoms with van der Waals surface area (Å²) in [6, 6.07) is 10.8. The lowest BCUT2D eigenvalue weighted by atomic mass is 10.3. The lowest BCUT2D eigenvalue weighted by Crippen LogP contribution is -1.93. The molecule has 0 spiro atoms. The van der Waals surface area contributed by atoms with Crippen molar-refractivity contribution in [2.24, 2.45) is 0 Å². The highest BCUT2D eigenvalue weighted by atomic mass is 35.5. The van der Waals surface area contributed by atoms with Crippen LogP contribution in [0.25, 0.3) is 11.0 Å². The molecule has 96 valence electrons. The van der Waals surface area contributed by atoms with Crippen molar-refractivity contribution in [3.63, 3.8) is 0 Å². The fourth-order valence-corrected chi connectivity index (χ4v) is 2.29. The monoisotopic (exact) mass is 311 g/mol. The Morgan fingerprint density at radius 2 is 1.89 bits per heavy atom. The number of anilines is 2. The quantitative estimate of drug-likeness (QED) is 0.677. The molecular weight excluding hydrogens is 305 g/mol. The van der Waals surface area contributed by atoms with E-state index in [1.165, 1.54) is 0 Å². The van der Waals surface area contributed by atoms with Crippen molar-refractivity contribution in [1.29, 1.82) is 0 Å². The van der Waals surface area contributed by atoms with Gasteiger partial charge in [0.05, 0.1) is 26.8 Å². The summed E-state index contributed by atoms with van der Waals surface area (Å²) in [6.45, 7) is 0. The van der Waals surface area contributed by atoms with Crippen LogP contribution in [0.4, 0.5) is 11.6 Å². The van der Waals surface area contributed by atoms with Gasteiger partial charge in [-0.05, 0) is 30.3 Å². The zero-order chi connectivity index (χ0) is 13.4. The molecule has 3 aromatic rings. The minimum atomic E-state index is 0.461. The van der Waals surface area contributed by atoms with E-state index in [1.54, 1.807) is 12.1 Å². The third-order valence-corrected chi connectivity index (χ3v) is 3.70. The van der Waals surface area contributed by atoms with E-state index < -0.39 is 0 Å². The molecule has 2 aromatic carbocycles. The Morgan fingerprint density at radius 1 is 1.05 bits per heavy atom. The average molecular weight is 313 g/mol. The molecule has 0 atom stereocenters. The van der Waals surface area contributed by atoms with Gasteiger partial charge in [-0.3, -0.25) is 0 Å². The van der Waals surface area contributed by atoms with Gasteiger partial charge in [-0.1, -0.05) is 40.9 Å².